The van der Waals surface area contributed by atoms with Gasteiger partial charge in [-0.3, -0.25) is 4.79 Å². The highest BCUT2D eigenvalue weighted by atomic mass is 79.9. The monoisotopic (exact) mass is 308 g/mol. The molecule has 2 aromatic rings. The minimum atomic E-state index is -0.0416. The summed E-state index contributed by atoms with van der Waals surface area (Å²) in [6.45, 7) is 0.473. The Bertz CT molecular complexity index is 613. The number of oxazole rings is 1. The lowest BCUT2D eigenvalue weighted by Gasteiger charge is -2.23. The number of hydrogen-bond acceptors (Lipinski definition) is 3. The van der Waals surface area contributed by atoms with Gasteiger partial charge in [0.25, 0.3) is 5.56 Å². The molecule has 0 unspecified atom stereocenters. The Kier molecular flexibility index (Phi) is 3.07. The summed E-state index contributed by atoms with van der Waals surface area (Å²) in [5.41, 5.74) is 0.833. The molecule has 0 spiro atoms. The predicted octanol–water partition coefficient (Wildman–Crippen LogP) is 2.91. The molecule has 94 valence electrons. The molecule has 0 bridgehead atoms. The molecule has 0 N–H and O–H groups in total. The number of halogens is 1. The molecule has 2 heterocycles. The van der Waals surface area contributed by atoms with E-state index in [0.717, 1.165) is 24.3 Å². The largest absolute Gasteiger partial charge is 0.448 e. The van der Waals surface area contributed by atoms with Crippen molar-refractivity contribution in [3.63, 3.8) is 0 Å². The molecule has 1 aliphatic rings. The minimum Gasteiger partial charge on any atom is -0.448 e. The molecule has 18 heavy (non-hydrogen) atoms. The first kappa shape index (κ1) is 11.7. The van der Waals surface area contributed by atoms with Crippen molar-refractivity contribution in [3.05, 3.63) is 51.0 Å². The summed E-state index contributed by atoms with van der Waals surface area (Å²) in [6.07, 6.45) is 6.82. The van der Waals surface area contributed by atoms with E-state index in [9.17, 15) is 4.79 Å². The van der Waals surface area contributed by atoms with Gasteiger partial charge in [0.15, 0.2) is 6.39 Å². The fourth-order valence-corrected chi connectivity index (χ4v) is 2.57. The summed E-state index contributed by atoms with van der Waals surface area (Å²) in [5, 5.41) is 0. The van der Waals surface area contributed by atoms with Gasteiger partial charge in [-0.05, 0) is 40.9 Å². The summed E-state index contributed by atoms with van der Waals surface area (Å²) in [5.74, 6) is 1.44. The number of nitrogens with zero attached hydrogens (tertiary/aromatic N) is 2. The molecule has 0 atom stereocenters. The van der Waals surface area contributed by atoms with Gasteiger partial charge in [-0.1, -0.05) is 6.42 Å². The summed E-state index contributed by atoms with van der Waals surface area (Å²) >= 11 is 3.25. The molecule has 1 saturated carbocycles. The summed E-state index contributed by atoms with van der Waals surface area (Å²) in [6, 6.07) is 3.59. The third-order valence-corrected chi connectivity index (χ3v) is 4.05. The molecule has 1 aliphatic carbocycles. The molecule has 2 aromatic heterocycles. The van der Waals surface area contributed by atoms with Crippen molar-refractivity contribution < 1.29 is 4.42 Å². The molecule has 0 radical (unpaired) electrons. The zero-order valence-electron chi connectivity index (χ0n) is 9.80. The van der Waals surface area contributed by atoms with Crippen molar-refractivity contribution in [2.45, 2.75) is 31.7 Å². The van der Waals surface area contributed by atoms with Gasteiger partial charge in [0.2, 0.25) is 0 Å². The lowest BCUT2D eigenvalue weighted by molar-refractivity contribution is 0.342. The van der Waals surface area contributed by atoms with Gasteiger partial charge in [-0.15, -0.1) is 0 Å². The average Bonchev–Trinajstić information content (AvgIpc) is 2.71. The van der Waals surface area contributed by atoms with E-state index >= 15 is 0 Å². The van der Waals surface area contributed by atoms with Crippen LogP contribution in [0.2, 0.25) is 0 Å². The van der Waals surface area contributed by atoms with Crippen molar-refractivity contribution in [3.8, 4) is 0 Å². The van der Waals surface area contributed by atoms with Crippen LogP contribution in [0, 0.1) is 0 Å². The smallest absolute Gasteiger partial charge is 0.265 e. The second-order valence-electron chi connectivity index (χ2n) is 4.58. The van der Waals surface area contributed by atoms with Crippen LogP contribution < -0.4 is 5.56 Å². The number of rotatable bonds is 3. The highest BCUT2D eigenvalue weighted by Gasteiger charge is 2.26. The van der Waals surface area contributed by atoms with E-state index in [-0.39, 0.29) is 5.56 Å². The van der Waals surface area contributed by atoms with Crippen molar-refractivity contribution in [1.82, 2.24) is 9.55 Å². The molecule has 0 amide bonds. The normalized spacial score (nSPS) is 15.6. The van der Waals surface area contributed by atoms with Crippen LogP contribution in [0.4, 0.5) is 0 Å². The molecular formula is C13H13BrN2O2. The zero-order valence-corrected chi connectivity index (χ0v) is 11.4. The Morgan fingerprint density at radius 2 is 2.33 bits per heavy atom. The zero-order chi connectivity index (χ0) is 12.5. The summed E-state index contributed by atoms with van der Waals surface area (Å²) < 4.78 is 7.68. The van der Waals surface area contributed by atoms with Gasteiger partial charge in [-0.2, -0.15) is 0 Å². The Hall–Kier alpha value is -1.36. The Morgan fingerprint density at radius 3 is 3.06 bits per heavy atom. The third kappa shape index (κ3) is 2.03. The van der Waals surface area contributed by atoms with Gasteiger partial charge >= 0.3 is 0 Å². The molecular weight excluding hydrogens is 296 g/mol. The van der Waals surface area contributed by atoms with E-state index < -0.39 is 0 Å². The Balaban J connectivity index is 1.90. The van der Waals surface area contributed by atoms with E-state index in [1.807, 2.05) is 6.07 Å². The molecule has 4 nitrogen and oxygen atoms in total. The Labute approximate surface area is 113 Å². The summed E-state index contributed by atoms with van der Waals surface area (Å²) in [4.78, 5) is 16.2. The van der Waals surface area contributed by atoms with Gasteiger partial charge in [0.05, 0.1) is 11.0 Å². The lowest BCUT2D eigenvalue weighted by Crippen LogP contribution is -2.21. The van der Waals surface area contributed by atoms with Crippen LogP contribution in [-0.4, -0.2) is 9.55 Å². The maximum Gasteiger partial charge on any atom is 0.265 e. The van der Waals surface area contributed by atoms with Crippen LogP contribution in [-0.2, 0) is 6.54 Å². The van der Waals surface area contributed by atoms with Gasteiger partial charge < -0.3 is 8.98 Å². The molecule has 0 aromatic carbocycles. The average molecular weight is 309 g/mol. The van der Waals surface area contributed by atoms with Crippen molar-refractivity contribution in [1.29, 1.82) is 0 Å². The molecule has 1 fully saturated rings. The second-order valence-corrected chi connectivity index (χ2v) is 5.43. The van der Waals surface area contributed by atoms with Gasteiger partial charge in [0, 0.05) is 12.1 Å². The fraction of sp³-hybridized carbons (Fsp3) is 0.385. The first-order valence-corrected chi connectivity index (χ1v) is 6.82. The van der Waals surface area contributed by atoms with Crippen LogP contribution in [0.5, 0.6) is 0 Å². The molecule has 3 rings (SSSR count). The van der Waals surface area contributed by atoms with Crippen LogP contribution in [0.15, 0.2) is 38.4 Å². The van der Waals surface area contributed by atoms with E-state index in [0.29, 0.717) is 16.9 Å². The van der Waals surface area contributed by atoms with E-state index in [2.05, 4.69) is 20.9 Å². The fourth-order valence-electron chi connectivity index (χ4n) is 2.19. The van der Waals surface area contributed by atoms with Crippen LogP contribution in [0.1, 0.15) is 36.6 Å². The van der Waals surface area contributed by atoms with Crippen LogP contribution >= 0.6 is 15.9 Å². The third-order valence-electron chi connectivity index (χ3n) is 3.44. The van der Waals surface area contributed by atoms with Gasteiger partial charge in [0.1, 0.15) is 11.5 Å². The lowest BCUT2D eigenvalue weighted by atomic mass is 9.83. The first-order valence-electron chi connectivity index (χ1n) is 6.03. The molecule has 5 heteroatoms. The number of aromatic nitrogens is 2. The van der Waals surface area contributed by atoms with Crippen molar-refractivity contribution >= 4 is 15.9 Å². The highest BCUT2D eigenvalue weighted by molar-refractivity contribution is 9.10. The van der Waals surface area contributed by atoms with Gasteiger partial charge in [-0.25, -0.2) is 4.98 Å². The summed E-state index contributed by atoms with van der Waals surface area (Å²) in [7, 11) is 0. The van der Waals surface area contributed by atoms with Crippen LogP contribution in [0.3, 0.4) is 0 Å². The van der Waals surface area contributed by atoms with Crippen LogP contribution in [0.25, 0.3) is 0 Å². The molecule has 0 saturated heterocycles. The minimum absolute atomic E-state index is 0.0416. The quantitative estimate of drug-likeness (QED) is 0.876. The molecule has 0 aliphatic heterocycles. The number of hydrogen-bond donors (Lipinski definition) is 0. The Morgan fingerprint density at radius 1 is 1.50 bits per heavy atom. The highest BCUT2D eigenvalue weighted by Crippen LogP contribution is 2.37. The SMILES string of the molecule is O=c1c(Br)cccn1Cc1ncoc1C1CCC1. The second kappa shape index (κ2) is 4.72. The maximum atomic E-state index is 11.9. The maximum absolute atomic E-state index is 11.9. The topological polar surface area (TPSA) is 48.0 Å². The van der Waals surface area contributed by atoms with E-state index in [4.69, 9.17) is 4.42 Å². The predicted molar refractivity (Wildman–Crippen MR) is 70.6 cm³/mol. The van der Waals surface area contributed by atoms with Crippen molar-refractivity contribution in [2.75, 3.05) is 0 Å². The van der Waals surface area contributed by atoms with E-state index in [1.54, 1.807) is 16.8 Å². The van der Waals surface area contributed by atoms with Crippen molar-refractivity contribution in [2.24, 2.45) is 0 Å². The first-order chi connectivity index (χ1) is 8.75. The number of pyridine rings is 1. The van der Waals surface area contributed by atoms with E-state index in [1.165, 1.54) is 12.8 Å². The standard InChI is InChI=1S/C13H13BrN2O2/c14-10-5-2-6-16(13(10)17)7-11-12(18-8-15-11)9-3-1-4-9/h2,5-6,8-9H,1,3-4,7H2.